The molecule has 0 aliphatic rings. The van der Waals surface area contributed by atoms with E-state index in [-0.39, 0.29) is 17.7 Å². The molecular weight excluding hydrogens is 232 g/mol. The van der Waals surface area contributed by atoms with Crippen molar-refractivity contribution >= 4 is 0 Å². The van der Waals surface area contributed by atoms with Gasteiger partial charge in [0, 0.05) is 0 Å². The zero-order chi connectivity index (χ0) is 13.1. The van der Waals surface area contributed by atoms with Gasteiger partial charge in [0.25, 0.3) is 0 Å². The number of nitrogens with one attached hydrogen (secondary N) is 1. The second kappa shape index (κ2) is 5.27. The largest absolute Gasteiger partial charge is 0.309 e. The van der Waals surface area contributed by atoms with E-state index in [0.717, 1.165) is 11.1 Å². The molecule has 1 unspecified atom stereocenters. The lowest BCUT2D eigenvalue weighted by molar-refractivity contribution is 0.606. The third-order valence-corrected chi connectivity index (χ3v) is 3.02. The van der Waals surface area contributed by atoms with E-state index in [1.54, 1.807) is 32.2 Å². The number of hydrogen-bond acceptors (Lipinski definition) is 1. The predicted octanol–water partition coefficient (Wildman–Crippen LogP) is 3.58. The van der Waals surface area contributed by atoms with Gasteiger partial charge in [-0.05, 0) is 48.9 Å². The Morgan fingerprint density at radius 1 is 0.944 bits per heavy atom. The number of aryl methyl sites for hydroxylation is 1. The summed E-state index contributed by atoms with van der Waals surface area (Å²) in [5, 5.41) is 3.11. The first kappa shape index (κ1) is 12.7. The van der Waals surface area contributed by atoms with E-state index in [1.165, 1.54) is 18.2 Å². The molecule has 2 aromatic carbocycles. The minimum atomic E-state index is -0.274. The van der Waals surface area contributed by atoms with E-state index < -0.39 is 0 Å². The van der Waals surface area contributed by atoms with Crippen molar-refractivity contribution in [2.45, 2.75) is 13.0 Å². The van der Waals surface area contributed by atoms with Gasteiger partial charge in [0.15, 0.2) is 0 Å². The molecule has 1 atom stereocenters. The molecule has 0 saturated carbocycles. The molecule has 0 spiro atoms. The van der Waals surface area contributed by atoms with Crippen molar-refractivity contribution < 1.29 is 8.78 Å². The van der Waals surface area contributed by atoms with Crippen molar-refractivity contribution in [3.63, 3.8) is 0 Å². The number of rotatable bonds is 3. The summed E-state index contributed by atoms with van der Waals surface area (Å²) in [4.78, 5) is 0. The molecular formula is C15H15F2N. The number of hydrogen-bond donors (Lipinski definition) is 1. The standard InChI is InChI=1S/C15H15F2N/c1-10-3-4-12(9-14(10)17)15(18-2)11-5-7-13(16)8-6-11/h3-9,15,18H,1-2H3. The molecule has 0 aromatic heterocycles. The molecule has 0 aliphatic carbocycles. The van der Waals surface area contributed by atoms with Gasteiger partial charge in [-0.2, -0.15) is 0 Å². The van der Waals surface area contributed by atoms with Crippen molar-refractivity contribution in [3.05, 3.63) is 70.8 Å². The van der Waals surface area contributed by atoms with Crippen LogP contribution in [0.15, 0.2) is 42.5 Å². The molecule has 2 rings (SSSR count). The Balaban J connectivity index is 2.38. The van der Waals surface area contributed by atoms with E-state index in [9.17, 15) is 8.78 Å². The zero-order valence-electron chi connectivity index (χ0n) is 10.4. The van der Waals surface area contributed by atoms with Crippen molar-refractivity contribution in [2.24, 2.45) is 0 Å². The summed E-state index contributed by atoms with van der Waals surface area (Å²) < 4.78 is 26.5. The fourth-order valence-corrected chi connectivity index (χ4v) is 1.97. The number of benzene rings is 2. The molecule has 0 radical (unpaired) electrons. The van der Waals surface area contributed by atoms with E-state index in [4.69, 9.17) is 0 Å². The van der Waals surface area contributed by atoms with Gasteiger partial charge in [0.05, 0.1) is 6.04 Å². The minimum Gasteiger partial charge on any atom is -0.309 e. The first-order chi connectivity index (χ1) is 8.61. The van der Waals surface area contributed by atoms with Gasteiger partial charge >= 0.3 is 0 Å². The fourth-order valence-electron chi connectivity index (χ4n) is 1.97. The molecule has 18 heavy (non-hydrogen) atoms. The Kier molecular flexibility index (Phi) is 3.72. The summed E-state index contributed by atoms with van der Waals surface area (Å²) in [6, 6.07) is 11.2. The second-order valence-corrected chi connectivity index (χ2v) is 4.28. The Labute approximate surface area is 105 Å². The first-order valence-electron chi connectivity index (χ1n) is 5.80. The second-order valence-electron chi connectivity index (χ2n) is 4.28. The molecule has 1 N–H and O–H groups in total. The summed E-state index contributed by atoms with van der Waals surface area (Å²) in [6.45, 7) is 1.73. The van der Waals surface area contributed by atoms with Crippen LogP contribution < -0.4 is 5.32 Å². The zero-order valence-corrected chi connectivity index (χ0v) is 10.4. The van der Waals surface area contributed by atoms with Crippen LogP contribution in [0.3, 0.4) is 0 Å². The van der Waals surface area contributed by atoms with Crippen LogP contribution in [-0.4, -0.2) is 7.05 Å². The third kappa shape index (κ3) is 2.57. The average molecular weight is 247 g/mol. The SMILES string of the molecule is CNC(c1ccc(F)cc1)c1ccc(C)c(F)c1. The van der Waals surface area contributed by atoms with E-state index >= 15 is 0 Å². The first-order valence-corrected chi connectivity index (χ1v) is 5.80. The van der Waals surface area contributed by atoms with Gasteiger partial charge in [0.2, 0.25) is 0 Å². The fraction of sp³-hybridized carbons (Fsp3) is 0.200. The highest BCUT2D eigenvalue weighted by atomic mass is 19.1. The number of halogens is 2. The molecule has 0 amide bonds. The molecule has 0 fully saturated rings. The minimum absolute atomic E-state index is 0.138. The predicted molar refractivity (Wildman–Crippen MR) is 68.4 cm³/mol. The Bertz CT molecular complexity index is 535. The van der Waals surface area contributed by atoms with Crippen molar-refractivity contribution in [1.29, 1.82) is 0 Å². The van der Waals surface area contributed by atoms with Crippen LogP contribution in [0.2, 0.25) is 0 Å². The van der Waals surface area contributed by atoms with E-state index in [2.05, 4.69) is 5.32 Å². The molecule has 0 saturated heterocycles. The van der Waals surface area contributed by atoms with Crippen molar-refractivity contribution in [2.75, 3.05) is 7.05 Å². The van der Waals surface area contributed by atoms with Gasteiger partial charge in [0.1, 0.15) is 11.6 Å². The van der Waals surface area contributed by atoms with E-state index in [1.807, 2.05) is 6.07 Å². The summed E-state index contributed by atoms with van der Waals surface area (Å²) in [5.74, 6) is -0.501. The highest BCUT2D eigenvalue weighted by molar-refractivity contribution is 5.34. The van der Waals surface area contributed by atoms with E-state index in [0.29, 0.717) is 5.56 Å². The molecule has 0 aliphatic heterocycles. The van der Waals surface area contributed by atoms with Gasteiger partial charge in [-0.3, -0.25) is 0 Å². The molecule has 1 nitrogen and oxygen atoms in total. The van der Waals surface area contributed by atoms with Crippen molar-refractivity contribution in [3.8, 4) is 0 Å². The van der Waals surface area contributed by atoms with Crippen LogP contribution in [-0.2, 0) is 0 Å². The highest BCUT2D eigenvalue weighted by Gasteiger charge is 2.13. The lowest BCUT2D eigenvalue weighted by atomic mass is 9.98. The lowest BCUT2D eigenvalue weighted by Gasteiger charge is -2.17. The molecule has 2 aromatic rings. The summed E-state index contributed by atoms with van der Waals surface area (Å²) in [6.07, 6.45) is 0. The van der Waals surface area contributed by atoms with Crippen LogP contribution >= 0.6 is 0 Å². The Morgan fingerprint density at radius 3 is 2.11 bits per heavy atom. The van der Waals surface area contributed by atoms with Crippen molar-refractivity contribution in [1.82, 2.24) is 5.32 Å². The summed E-state index contributed by atoms with van der Waals surface area (Å²) >= 11 is 0. The van der Waals surface area contributed by atoms with Crippen LogP contribution in [0.1, 0.15) is 22.7 Å². The summed E-state index contributed by atoms with van der Waals surface area (Å²) in [5.41, 5.74) is 2.35. The van der Waals surface area contributed by atoms with Crippen LogP contribution in [0.5, 0.6) is 0 Å². The Morgan fingerprint density at radius 2 is 1.56 bits per heavy atom. The Hall–Kier alpha value is -1.74. The third-order valence-electron chi connectivity index (χ3n) is 3.02. The topological polar surface area (TPSA) is 12.0 Å². The molecule has 0 heterocycles. The van der Waals surface area contributed by atoms with Crippen LogP contribution in [0.4, 0.5) is 8.78 Å². The summed E-state index contributed by atoms with van der Waals surface area (Å²) in [7, 11) is 1.80. The van der Waals surface area contributed by atoms with Gasteiger partial charge in [-0.25, -0.2) is 8.78 Å². The quantitative estimate of drug-likeness (QED) is 0.874. The van der Waals surface area contributed by atoms with Gasteiger partial charge in [-0.15, -0.1) is 0 Å². The maximum Gasteiger partial charge on any atom is 0.126 e. The maximum atomic E-state index is 13.6. The highest BCUT2D eigenvalue weighted by Crippen LogP contribution is 2.23. The average Bonchev–Trinajstić information content (AvgIpc) is 2.37. The van der Waals surface area contributed by atoms with Gasteiger partial charge < -0.3 is 5.32 Å². The lowest BCUT2D eigenvalue weighted by Crippen LogP contribution is -2.17. The van der Waals surface area contributed by atoms with Crippen LogP contribution in [0, 0.1) is 18.6 Å². The van der Waals surface area contributed by atoms with Gasteiger partial charge in [-0.1, -0.05) is 24.3 Å². The van der Waals surface area contributed by atoms with Crippen LogP contribution in [0.25, 0.3) is 0 Å². The molecule has 94 valence electrons. The maximum absolute atomic E-state index is 13.6. The monoisotopic (exact) mass is 247 g/mol. The smallest absolute Gasteiger partial charge is 0.126 e. The molecule has 0 bridgehead atoms. The normalized spacial score (nSPS) is 12.4. The molecule has 3 heteroatoms.